The Morgan fingerprint density at radius 2 is 1.90 bits per heavy atom. The molecule has 0 heterocycles. The molecule has 2 aromatic carbocycles. The molecule has 0 fully saturated rings. The highest BCUT2D eigenvalue weighted by Gasteiger charge is 2.14. The second-order valence-electron chi connectivity index (χ2n) is 5.17. The molecule has 0 aliphatic heterocycles. The molecule has 0 saturated carbocycles. The van der Waals surface area contributed by atoms with Crippen molar-refractivity contribution in [1.82, 2.24) is 5.32 Å². The van der Waals surface area contributed by atoms with Crippen molar-refractivity contribution in [3.05, 3.63) is 64.2 Å². The van der Waals surface area contributed by atoms with E-state index in [1.54, 1.807) is 7.11 Å². The number of aryl methyl sites for hydroxylation is 1. The van der Waals surface area contributed by atoms with Gasteiger partial charge in [-0.2, -0.15) is 0 Å². The van der Waals surface area contributed by atoms with Crippen LogP contribution in [0.4, 0.5) is 0 Å². The smallest absolute Gasteiger partial charge is 0.119 e. The Morgan fingerprint density at radius 3 is 2.57 bits per heavy atom. The molecule has 0 spiro atoms. The molecule has 0 amide bonds. The molecule has 0 bridgehead atoms. The molecule has 1 atom stereocenters. The minimum Gasteiger partial charge on any atom is -0.497 e. The molecule has 112 valence electrons. The molecule has 0 saturated heterocycles. The Kier molecular flexibility index (Phi) is 5.66. The lowest BCUT2D eigenvalue weighted by Gasteiger charge is -2.21. The van der Waals surface area contributed by atoms with E-state index >= 15 is 0 Å². The highest BCUT2D eigenvalue weighted by molar-refractivity contribution is 6.31. The summed E-state index contributed by atoms with van der Waals surface area (Å²) in [5.74, 6) is 0.876. The fourth-order valence-electron chi connectivity index (χ4n) is 2.39. The molecule has 2 rings (SSSR count). The van der Waals surface area contributed by atoms with E-state index in [4.69, 9.17) is 16.3 Å². The van der Waals surface area contributed by atoms with Crippen LogP contribution in [-0.4, -0.2) is 13.7 Å². The predicted molar refractivity (Wildman–Crippen MR) is 89.3 cm³/mol. The molecule has 0 aliphatic rings. The normalized spacial score (nSPS) is 12.2. The van der Waals surface area contributed by atoms with Gasteiger partial charge < -0.3 is 10.1 Å². The Labute approximate surface area is 132 Å². The second kappa shape index (κ2) is 7.48. The summed E-state index contributed by atoms with van der Waals surface area (Å²) < 4.78 is 5.34. The van der Waals surface area contributed by atoms with Crippen LogP contribution < -0.4 is 10.1 Å². The summed E-state index contributed by atoms with van der Waals surface area (Å²) in [5.41, 5.74) is 3.52. The third-order valence-electron chi connectivity index (χ3n) is 3.54. The van der Waals surface area contributed by atoms with E-state index in [2.05, 4.69) is 36.5 Å². The van der Waals surface area contributed by atoms with Gasteiger partial charge in [-0.3, -0.25) is 0 Å². The van der Waals surface area contributed by atoms with E-state index in [1.165, 1.54) is 11.1 Å². The van der Waals surface area contributed by atoms with Gasteiger partial charge in [0.25, 0.3) is 0 Å². The number of rotatable bonds is 6. The molecule has 0 aliphatic carbocycles. The van der Waals surface area contributed by atoms with Crippen LogP contribution in [0.5, 0.6) is 5.75 Å². The second-order valence-corrected chi connectivity index (χ2v) is 5.58. The molecule has 2 aromatic rings. The van der Waals surface area contributed by atoms with Crippen LogP contribution in [0, 0.1) is 6.92 Å². The summed E-state index contributed by atoms with van der Waals surface area (Å²) in [7, 11) is 1.69. The number of hydrogen-bond donors (Lipinski definition) is 1. The van der Waals surface area contributed by atoms with Crippen LogP contribution in [0.3, 0.4) is 0 Å². The lowest BCUT2D eigenvalue weighted by Crippen LogP contribution is -2.23. The van der Waals surface area contributed by atoms with E-state index in [1.807, 2.05) is 25.1 Å². The zero-order valence-corrected chi connectivity index (χ0v) is 13.6. The summed E-state index contributed by atoms with van der Waals surface area (Å²) in [5, 5.41) is 4.41. The zero-order valence-electron chi connectivity index (χ0n) is 12.8. The average molecular weight is 304 g/mol. The van der Waals surface area contributed by atoms with Crippen molar-refractivity contribution in [3.8, 4) is 5.75 Å². The fraction of sp³-hybridized carbons (Fsp3) is 0.333. The molecule has 3 heteroatoms. The third-order valence-corrected chi connectivity index (χ3v) is 3.97. The first-order valence-electron chi connectivity index (χ1n) is 7.29. The van der Waals surface area contributed by atoms with Gasteiger partial charge in [-0.1, -0.05) is 42.8 Å². The van der Waals surface area contributed by atoms with Crippen molar-refractivity contribution >= 4 is 11.6 Å². The number of hydrogen-bond acceptors (Lipinski definition) is 2. The summed E-state index contributed by atoms with van der Waals surface area (Å²) in [6, 6.07) is 14.5. The zero-order chi connectivity index (χ0) is 15.2. The molecular formula is C18H22ClNO. The van der Waals surface area contributed by atoms with E-state index in [0.29, 0.717) is 0 Å². The number of benzene rings is 2. The molecule has 1 unspecified atom stereocenters. The number of halogens is 1. The minimum atomic E-state index is 0.149. The molecule has 21 heavy (non-hydrogen) atoms. The largest absolute Gasteiger partial charge is 0.497 e. The summed E-state index contributed by atoms with van der Waals surface area (Å²) in [4.78, 5) is 0. The predicted octanol–water partition coefficient (Wildman–Crippen LogP) is 4.75. The van der Waals surface area contributed by atoms with E-state index in [9.17, 15) is 0 Å². The first kappa shape index (κ1) is 15.9. The van der Waals surface area contributed by atoms with Gasteiger partial charge in [0, 0.05) is 5.02 Å². The van der Waals surface area contributed by atoms with Crippen molar-refractivity contribution < 1.29 is 4.74 Å². The van der Waals surface area contributed by atoms with Crippen LogP contribution >= 0.6 is 11.6 Å². The van der Waals surface area contributed by atoms with E-state index < -0.39 is 0 Å². The monoisotopic (exact) mass is 303 g/mol. The van der Waals surface area contributed by atoms with Crippen molar-refractivity contribution in [1.29, 1.82) is 0 Å². The Morgan fingerprint density at radius 1 is 1.14 bits per heavy atom. The summed E-state index contributed by atoms with van der Waals surface area (Å²) in [6.45, 7) is 5.17. The molecule has 2 nitrogen and oxygen atoms in total. The van der Waals surface area contributed by atoms with Gasteiger partial charge in [-0.15, -0.1) is 0 Å². The van der Waals surface area contributed by atoms with E-state index in [0.717, 1.165) is 29.3 Å². The summed E-state index contributed by atoms with van der Waals surface area (Å²) in [6.07, 6.45) is 1.09. The highest BCUT2D eigenvalue weighted by atomic mass is 35.5. The molecule has 0 aromatic heterocycles. The summed E-state index contributed by atoms with van der Waals surface area (Å²) >= 11 is 6.14. The average Bonchev–Trinajstić information content (AvgIpc) is 2.51. The maximum Gasteiger partial charge on any atom is 0.119 e. The van der Waals surface area contributed by atoms with Gasteiger partial charge in [-0.05, 0) is 54.8 Å². The quantitative estimate of drug-likeness (QED) is 0.832. The van der Waals surface area contributed by atoms with Crippen LogP contribution in [0.15, 0.2) is 42.5 Å². The topological polar surface area (TPSA) is 21.3 Å². The van der Waals surface area contributed by atoms with Crippen molar-refractivity contribution in [2.75, 3.05) is 13.7 Å². The van der Waals surface area contributed by atoms with Gasteiger partial charge >= 0.3 is 0 Å². The van der Waals surface area contributed by atoms with Crippen LogP contribution in [0.25, 0.3) is 0 Å². The van der Waals surface area contributed by atoms with Crippen LogP contribution in [0.1, 0.15) is 36.1 Å². The van der Waals surface area contributed by atoms with Gasteiger partial charge in [0.1, 0.15) is 5.75 Å². The van der Waals surface area contributed by atoms with Gasteiger partial charge in [0.2, 0.25) is 0 Å². The Bertz CT molecular complexity index is 598. The van der Waals surface area contributed by atoms with Crippen molar-refractivity contribution in [2.24, 2.45) is 0 Å². The van der Waals surface area contributed by atoms with Gasteiger partial charge in [0.05, 0.1) is 13.2 Å². The third kappa shape index (κ3) is 3.99. The minimum absolute atomic E-state index is 0.149. The first-order valence-corrected chi connectivity index (χ1v) is 7.67. The number of ether oxygens (including phenoxy) is 1. The molecular weight excluding hydrogens is 282 g/mol. The SMILES string of the molecule is CCCNC(c1cccc(OC)c1)c1ccc(Cl)c(C)c1. The fourth-order valence-corrected chi connectivity index (χ4v) is 2.50. The van der Waals surface area contributed by atoms with Gasteiger partial charge in [0.15, 0.2) is 0 Å². The van der Waals surface area contributed by atoms with Crippen molar-refractivity contribution in [3.63, 3.8) is 0 Å². The lowest BCUT2D eigenvalue weighted by atomic mass is 9.97. The molecule has 1 N–H and O–H groups in total. The highest BCUT2D eigenvalue weighted by Crippen LogP contribution is 2.28. The Balaban J connectivity index is 2.38. The van der Waals surface area contributed by atoms with E-state index in [-0.39, 0.29) is 6.04 Å². The van der Waals surface area contributed by atoms with Crippen molar-refractivity contribution in [2.45, 2.75) is 26.3 Å². The number of methoxy groups -OCH3 is 1. The standard InChI is InChI=1S/C18H22ClNO/c1-4-10-20-18(14-6-5-7-16(12-14)21-3)15-8-9-17(19)13(2)11-15/h5-9,11-12,18,20H,4,10H2,1-3H3. The lowest BCUT2D eigenvalue weighted by molar-refractivity contribution is 0.413. The van der Waals surface area contributed by atoms with Crippen LogP contribution in [0.2, 0.25) is 5.02 Å². The maximum atomic E-state index is 6.14. The van der Waals surface area contributed by atoms with Gasteiger partial charge in [-0.25, -0.2) is 0 Å². The Hall–Kier alpha value is -1.51. The first-order chi connectivity index (χ1) is 10.2. The maximum absolute atomic E-state index is 6.14. The number of nitrogens with one attached hydrogen (secondary N) is 1. The molecule has 0 radical (unpaired) electrons. The van der Waals surface area contributed by atoms with Crippen LogP contribution in [-0.2, 0) is 0 Å².